The van der Waals surface area contributed by atoms with Gasteiger partial charge in [0.1, 0.15) is 5.60 Å². The Morgan fingerprint density at radius 3 is 2.38 bits per heavy atom. The number of carbonyl (C=O) groups excluding carboxylic acids is 2. The third kappa shape index (κ3) is 5.34. The molecule has 4 rings (SSSR count). The molecule has 0 spiro atoms. The Hall–Kier alpha value is -3.11. The van der Waals surface area contributed by atoms with Crippen molar-refractivity contribution in [1.29, 1.82) is 0 Å². The average molecular weight is 489 g/mol. The van der Waals surface area contributed by atoms with Gasteiger partial charge in [0, 0.05) is 38.2 Å². The first-order valence-corrected chi connectivity index (χ1v) is 12.5. The second-order valence-electron chi connectivity index (χ2n) is 8.83. The van der Waals surface area contributed by atoms with Crippen molar-refractivity contribution in [3.05, 3.63) is 54.1 Å². The number of esters is 1. The monoisotopic (exact) mass is 488 g/mol. The lowest BCUT2D eigenvalue weighted by molar-refractivity contribution is -0.154. The number of nitrogens with zero attached hydrogens (tertiary/aromatic N) is 2. The van der Waals surface area contributed by atoms with Gasteiger partial charge in [0.25, 0.3) is 5.91 Å². The van der Waals surface area contributed by atoms with Crippen LogP contribution >= 0.6 is 0 Å². The van der Waals surface area contributed by atoms with Crippen LogP contribution in [-0.4, -0.2) is 74.5 Å². The molecular weight excluding hydrogens is 460 g/mol. The van der Waals surface area contributed by atoms with Crippen molar-refractivity contribution in [2.75, 3.05) is 39.4 Å². The van der Waals surface area contributed by atoms with Gasteiger partial charge in [0.2, 0.25) is 10.0 Å². The Morgan fingerprint density at radius 2 is 1.68 bits per heavy atom. The first-order valence-electron chi connectivity index (χ1n) is 11.1. The number of hydrogen-bond donors (Lipinski definition) is 0. The van der Waals surface area contributed by atoms with E-state index in [0.717, 1.165) is 12.0 Å². The first kappa shape index (κ1) is 24.0. The van der Waals surface area contributed by atoms with Gasteiger partial charge in [0.05, 0.1) is 4.90 Å². The second-order valence-corrected chi connectivity index (χ2v) is 10.8. The molecule has 10 heteroatoms. The van der Waals surface area contributed by atoms with Crippen LogP contribution in [0.4, 0.5) is 0 Å². The molecule has 0 aliphatic carbocycles. The quantitative estimate of drug-likeness (QED) is 0.548. The fraction of sp³-hybridized carbons (Fsp3) is 0.417. The zero-order valence-corrected chi connectivity index (χ0v) is 20.0. The summed E-state index contributed by atoms with van der Waals surface area (Å²) < 4.78 is 43.3. The van der Waals surface area contributed by atoms with Gasteiger partial charge >= 0.3 is 5.97 Å². The number of hydrogen-bond acceptors (Lipinski definition) is 7. The average Bonchev–Trinajstić information content (AvgIpc) is 3.16. The van der Waals surface area contributed by atoms with Gasteiger partial charge in [-0.15, -0.1) is 0 Å². The van der Waals surface area contributed by atoms with Crippen molar-refractivity contribution in [2.45, 2.75) is 30.8 Å². The largest absolute Gasteiger partial charge is 0.483 e. The van der Waals surface area contributed by atoms with E-state index in [0.29, 0.717) is 11.5 Å². The van der Waals surface area contributed by atoms with E-state index < -0.39 is 22.6 Å². The Labute approximate surface area is 199 Å². The van der Waals surface area contributed by atoms with Crippen LogP contribution in [0.1, 0.15) is 19.4 Å². The molecule has 9 nitrogen and oxygen atoms in total. The van der Waals surface area contributed by atoms with Crippen molar-refractivity contribution in [3.8, 4) is 11.5 Å². The summed E-state index contributed by atoms with van der Waals surface area (Å²) in [6.45, 7) is 3.98. The molecule has 34 heavy (non-hydrogen) atoms. The van der Waals surface area contributed by atoms with Crippen LogP contribution in [0.25, 0.3) is 0 Å². The summed E-state index contributed by atoms with van der Waals surface area (Å²) in [5.74, 6) is 0.0334. The maximum Gasteiger partial charge on any atom is 0.344 e. The Morgan fingerprint density at radius 1 is 0.971 bits per heavy atom. The predicted molar refractivity (Wildman–Crippen MR) is 123 cm³/mol. The topological polar surface area (TPSA) is 102 Å². The molecule has 2 aliphatic heterocycles. The zero-order chi connectivity index (χ0) is 24.3. The molecule has 0 bridgehead atoms. The number of para-hydroxylation sites is 1. The molecule has 0 aromatic heterocycles. The highest BCUT2D eigenvalue weighted by molar-refractivity contribution is 7.89. The van der Waals surface area contributed by atoms with Crippen molar-refractivity contribution in [3.63, 3.8) is 0 Å². The summed E-state index contributed by atoms with van der Waals surface area (Å²) in [6.07, 6.45) is 0.748. The summed E-state index contributed by atoms with van der Waals surface area (Å²) in [4.78, 5) is 26.3. The lowest BCUT2D eigenvalue weighted by Gasteiger charge is -2.33. The minimum atomic E-state index is -3.60. The fourth-order valence-electron chi connectivity index (χ4n) is 4.03. The predicted octanol–water partition coefficient (Wildman–Crippen LogP) is 1.86. The molecular formula is C24H28N2O7S. The van der Waals surface area contributed by atoms with Crippen LogP contribution in [0.15, 0.2) is 53.4 Å². The lowest BCUT2D eigenvalue weighted by Crippen LogP contribution is -2.51. The molecule has 182 valence electrons. The molecule has 1 saturated heterocycles. The number of sulfonamides is 1. The zero-order valence-electron chi connectivity index (χ0n) is 19.2. The van der Waals surface area contributed by atoms with E-state index in [9.17, 15) is 18.0 Å². The smallest absolute Gasteiger partial charge is 0.344 e. The van der Waals surface area contributed by atoms with Crippen molar-refractivity contribution >= 4 is 21.9 Å². The molecule has 2 aliphatic rings. The molecule has 2 aromatic carbocycles. The van der Waals surface area contributed by atoms with Crippen LogP contribution in [0, 0.1) is 0 Å². The highest BCUT2D eigenvalue weighted by atomic mass is 32.2. The van der Waals surface area contributed by atoms with Gasteiger partial charge in [-0.3, -0.25) is 4.79 Å². The number of carbonyl (C=O) groups is 2. The molecule has 2 aromatic rings. The van der Waals surface area contributed by atoms with Crippen LogP contribution in [-0.2, 0) is 30.8 Å². The Bertz CT molecular complexity index is 1160. The Balaban J connectivity index is 1.22. The third-order valence-corrected chi connectivity index (χ3v) is 7.64. The van der Waals surface area contributed by atoms with Gasteiger partial charge in [0.15, 0.2) is 24.7 Å². The number of rotatable bonds is 7. The molecule has 0 N–H and O–H groups in total. The number of benzene rings is 2. The van der Waals surface area contributed by atoms with Gasteiger partial charge < -0.3 is 19.1 Å². The first-order chi connectivity index (χ1) is 16.2. The number of ether oxygens (including phenoxy) is 3. The van der Waals surface area contributed by atoms with Gasteiger partial charge in [-0.05, 0) is 32.0 Å². The second kappa shape index (κ2) is 9.63. The summed E-state index contributed by atoms with van der Waals surface area (Å²) in [5.41, 5.74) is 0.679. The van der Waals surface area contributed by atoms with Gasteiger partial charge in [-0.25, -0.2) is 13.2 Å². The third-order valence-electron chi connectivity index (χ3n) is 5.73. The SMILES string of the molecule is CC1(C)Cc2cccc(OCC(=O)OCC(=O)N3CCN(S(=O)(=O)c4ccccc4)CC3)c2O1. The summed E-state index contributed by atoms with van der Waals surface area (Å²) in [7, 11) is -3.60. The minimum absolute atomic E-state index is 0.176. The molecule has 2 heterocycles. The van der Waals surface area contributed by atoms with Crippen molar-refractivity contribution < 1.29 is 32.2 Å². The summed E-state index contributed by atoms with van der Waals surface area (Å²) in [5, 5.41) is 0. The molecule has 0 saturated carbocycles. The van der Waals surface area contributed by atoms with Crippen molar-refractivity contribution in [2.24, 2.45) is 0 Å². The van der Waals surface area contributed by atoms with Crippen LogP contribution < -0.4 is 9.47 Å². The number of fused-ring (bicyclic) bond motifs is 1. The molecule has 1 fully saturated rings. The standard InChI is InChI=1S/C24H28N2O7S/c1-24(2)15-18-7-6-10-20(23(18)33-24)31-17-22(28)32-16-21(27)25-11-13-26(14-12-25)34(29,30)19-8-4-3-5-9-19/h3-10H,11-17H2,1-2H3. The van der Waals surface area contributed by atoms with E-state index in [1.807, 2.05) is 26.0 Å². The normalized spacial score (nSPS) is 17.5. The molecule has 1 amide bonds. The van der Waals surface area contributed by atoms with Gasteiger partial charge in [-0.1, -0.05) is 30.3 Å². The van der Waals surface area contributed by atoms with E-state index in [4.69, 9.17) is 14.2 Å². The highest BCUT2D eigenvalue weighted by Crippen LogP contribution is 2.41. The maximum absolute atomic E-state index is 12.7. The minimum Gasteiger partial charge on any atom is -0.483 e. The highest BCUT2D eigenvalue weighted by Gasteiger charge is 2.33. The van der Waals surface area contributed by atoms with E-state index in [1.165, 1.54) is 9.21 Å². The number of piperazine rings is 1. The van der Waals surface area contributed by atoms with Gasteiger partial charge in [-0.2, -0.15) is 4.31 Å². The Kier molecular flexibility index (Phi) is 6.81. The fourth-order valence-corrected chi connectivity index (χ4v) is 5.48. The summed E-state index contributed by atoms with van der Waals surface area (Å²) >= 11 is 0. The van der Waals surface area contributed by atoms with E-state index >= 15 is 0 Å². The maximum atomic E-state index is 12.7. The lowest BCUT2D eigenvalue weighted by atomic mass is 10.0. The van der Waals surface area contributed by atoms with Crippen LogP contribution in [0.5, 0.6) is 11.5 Å². The van der Waals surface area contributed by atoms with E-state index in [-0.39, 0.29) is 49.2 Å². The summed E-state index contributed by atoms with van der Waals surface area (Å²) in [6, 6.07) is 13.7. The molecule has 0 radical (unpaired) electrons. The molecule has 0 unspecified atom stereocenters. The number of amides is 1. The van der Waals surface area contributed by atoms with Crippen LogP contribution in [0.2, 0.25) is 0 Å². The molecule has 0 atom stereocenters. The van der Waals surface area contributed by atoms with E-state index in [1.54, 1.807) is 36.4 Å². The van der Waals surface area contributed by atoms with Crippen molar-refractivity contribution in [1.82, 2.24) is 9.21 Å². The van der Waals surface area contributed by atoms with Crippen LogP contribution in [0.3, 0.4) is 0 Å². The van der Waals surface area contributed by atoms with E-state index in [2.05, 4.69) is 0 Å².